The maximum Gasteiger partial charge on any atom is 0.401 e. The van der Waals surface area contributed by atoms with Crippen molar-refractivity contribution in [2.75, 3.05) is 0 Å². The minimum Gasteiger partial charge on any atom is -0.489 e. The van der Waals surface area contributed by atoms with Crippen molar-refractivity contribution < 1.29 is 29.0 Å². The van der Waals surface area contributed by atoms with Crippen LogP contribution in [0.4, 0.5) is 0 Å². The SMILES string of the molecule is O=C(O)C(Cc1ccc(OCc2ccccc2)cc1)NP(=O)(O)O. The highest BCUT2D eigenvalue weighted by Crippen LogP contribution is 2.29. The monoisotopic (exact) mass is 351 g/mol. The first-order valence-corrected chi connectivity index (χ1v) is 8.76. The van der Waals surface area contributed by atoms with Crippen LogP contribution >= 0.6 is 7.75 Å². The molecule has 1 unspecified atom stereocenters. The van der Waals surface area contributed by atoms with Crippen molar-refractivity contribution in [1.29, 1.82) is 0 Å². The molecule has 0 aliphatic rings. The molecule has 2 aromatic carbocycles. The van der Waals surface area contributed by atoms with Gasteiger partial charge in [0, 0.05) is 0 Å². The Morgan fingerprint density at radius 2 is 1.67 bits per heavy atom. The Kier molecular flexibility index (Phi) is 6.11. The first-order chi connectivity index (χ1) is 11.3. The summed E-state index contributed by atoms with van der Waals surface area (Å²) in [6.07, 6.45) is -0.0561. The van der Waals surface area contributed by atoms with Crippen LogP contribution in [-0.4, -0.2) is 26.9 Å². The predicted octanol–water partition coefficient (Wildman–Crippen LogP) is 1.94. The molecule has 0 saturated heterocycles. The lowest BCUT2D eigenvalue weighted by atomic mass is 10.1. The predicted molar refractivity (Wildman–Crippen MR) is 87.5 cm³/mol. The van der Waals surface area contributed by atoms with E-state index in [0.717, 1.165) is 5.56 Å². The van der Waals surface area contributed by atoms with Crippen LogP contribution in [0.1, 0.15) is 11.1 Å². The van der Waals surface area contributed by atoms with E-state index in [9.17, 15) is 9.36 Å². The summed E-state index contributed by atoms with van der Waals surface area (Å²) in [7, 11) is -4.62. The molecule has 0 radical (unpaired) electrons. The minimum absolute atomic E-state index is 0.0561. The third-order valence-electron chi connectivity index (χ3n) is 3.23. The van der Waals surface area contributed by atoms with Crippen molar-refractivity contribution >= 4 is 13.7 Å². The standard InChI is InChI=1S/C16H18NO6P/c18-16(19)15(17-24(20,21)22)10-12-6-8-14(9-7-12)23-11-13-4-2-1-3-5-13/h1-9,15H,10-11H2,(H,18,19)(H3,17,20,21,22). The molecule has 0 aliphatic carbocycles. The number of hydrogen-bond donors (Lipinski definition) is 4. The van der Waals surface area contributed by atoms with Crippen LogP contribution in [0, 0.1) is 0 Å². The molecule has 0 spiro atoms. The van der Waals surface area contributed by atoms with E-state index in [0.29, 0.717) is 17.9 Å². The summed E-state index contributed by atoms with van der Waals surface area (Å²) in [4.78, 5) is 28.8. The number of aliphatic carboxylic acids is 1. The van der Waals surface area contributed by atoms with Crippen LogP contribution < -0.4 is 9.82 Å². The lowest BCUT2D eigenvalue weighted by molar-refractivity contribution is -0.139. The molecule has 8 heteroatoms. The molecular weight excluding hydrogens is 333 g/mol. The maximum absolute atomic E-state index is 11.1. The zero-order valence-corrected chi connectivity index (χ0v) is 13.6. The van der Waals surface area contributed by atoms with Gasteiger partial charge in [0.1, 0.15) is 18.4 Å². The van der Waals surface area contributed by atoms with Crippen LogP contribution in [0.15, 0.2) is 54.6 Å². The van der Waals surface area contributed by atoms with E-state index in [1.54, 1.807) is 29.4 Å². The zero-order valence-electron chi connectivity index (χ0n) is 12.7. The Balaban J connectivity index is 1.95. The fourth-order valence-electron chi connectivity index (χ4n) is 2.09. The highest BCUT2D eigenvalue weighted by molar-refractivity contribution is 7.49. The molecule has 2 rings (SSSR count). The molecule has 0 aromatic heterocycles. The normalized spacial score (nSPS) is 12.6. The number of carboxylic acids is 1. The van der Waals surface area contributed by atoms with Gasteiger partial charge < -0.3 is 19.6 Å². The molecule has 0 bridgehead atoms. The van der Waals surface area contributed by atoms with Gasteiger partial charge >= 0.3 is 13.7 Å². The van der Waals surface area contributed by atoms with E-state index in [-0.39, 0.29) is 6.42 Å². The first kappa shape index (κ1) is 18.2. The van der Waals surface area contributed by atoms with Gasteiger partial charge in [-0.15, -0.1) is 0 Å². The van der Waals surface area contributed by atoms with Crippen molar-refractivity contribution in [3.8, 4) is 5.75 Å². The Labute approximate surface area is 139 Å². The second-order valence-corrected chi connectivity index (χ2v) is 6.53. The molecule has 0 heterocycles. The summed E-state index contributed by atoms with van der Waals surface area (Å²) < 4.78 is 16.5. The van der Waals surface area contributed by atoms with Crippen molar-refractivity contribution in [2.45, 2.75) is 19.1 Å². The molecule has 0 fully saturated rings. The number of benzene rings is 2. The van der Waals surface area contributed by atoms with E-state index >= 15 is 0 Å². The van der Waals surface area contributed by atoms with Gasteiger partial charge in [-0.25, -0.2) is 9.65 Å². The zero-order chi connectivity index (χ0) is 17.6. The molecule has 1 atom stereocenters. The van der Waals surface area contributed by atoms with E-state index in [1.807, 2.05) is 30.3 Å². The lowest BCUT2D eigenvalue weighted by Gasteiger charge is -2.15. The smallest absolute Gasteiger partial charge is 0.401 e. The van der Waals surface area contributed by atoms with Gasteiger partial charge in [-0.05, 0) is 29.7 Å². The largest absolute Gasteiger partial charge is 0.489 e. The quantitative estimate of drug-likeness (QED) is 0.537. The summed E-state index contributed by atoms with van der Waals surface area (Å²) in [6.45, 7) is 0.414. The van der Waals surface area contributed by atoms with E-state index in [2.05, 4.69) is 0 Å². The second kappa shape index (κ2) is 8.08. The summed E-state index contributed by atoms with van der Waals surface area (Å²) in [5.74, 6) is -0.708. The summed E-state index contributed by atoms with van der Waals surface area (Å²) in [6, 6.07) is 15.0. The molecule has 2 aromatic rings. The van der Waals surface area contributed by atoms with Crippen LogP contribution in [0.2, 0.25) is 0 Å². The Hall–Kier alpha value is -2.18. The average Bonchev–Trinajstić information content (AvgIpc) is 2.53. The third-order valence-corrected chi connectivity index (χ3v) is 3.88. The second-order valence-electron chi connectivity index (χ2n) is 5.19. The number of hydrogen-bond acceptors (Lipinski definition) is 3. The molecule has 0 saturated carbocycles. The Morgan fingerprint density at radius 3 is 2.21 bits per heavy atom. The summed E-state index contributed by atoms with van der Waals surface area (Å²) in [5.41, 5.74) is 1.65. The molecule has 24 heavy (non-hydrogen) atoms. The van der Waals surface area contributed by atoms with E-state index < -0.39 is 19.8 Å². The Morgan fingerprint density at radius 1 is 1.04 bits per heavy atom. The molecule has 0 amide bonds. The van der Waals surface area contributed by atoms with Crippen molar-refractivity contribution in [3.05, 3.63) is 65.7 Å². The molecule has 7 nitrogen and oxygen atoms in total. The average molecular weight is 351 g/mol. The number of ether oxygens (including phenoxy) is 1. The van der Waals surface area contributed by atoms with Gasteiger partial charge in [0.15, 0.2) is 0 Å². The minimum atomic E-state index is -4.62. The number of rotatable bonds is 8. The van der Waals surface area contributed by atoms with Crippen molar-refractivity contribution in [3.63, 3.8) is 0 Å². The maximum atomic E-state index is 11.1. The van der Waals surface area contributed by atoms with Gasteiger partial charge in [0.25, 0.3) is 0 Å². The van der Waals surface area contributed by atoms with Gasteiger partial charge in [0.2, 0.25) is 0 Å². The topological polar surface area (TPSA) is 116 Å². The number of carbonyl (C=O) groups is 1. The van der Waals surface area contributed by atoms with E-state index in [1.165, 1.54) is 0 Å². The van der Waals surface area contributed by atoms with Crippen LogP contribution in [0.3, 0.4) is 0 Å². The van der Waals surface area contributed by atoms with Gasteiger partial charge in [-0.3, -0.25) is 4.79 Å². The highest BCUT2D eigenvalue weighted by atomic mass is 31.2. The van der Waals surface area contributed by atoms with Crippen molar-refractivity contribution in [2.24, 2.45) is 0 Å². The van der Waals surface area contributed by atoms with Crippen LogP contribution in [0.5, 0.6) is 5.75 Å². The number of carboxylic acid groups (broad SMARTS) is 1. The molecule has 0 aliphatic heterocycles. The third kappa shape index (κ3) is 6.14. The summed E-state index contributed by atoms with van der Waals surface area (Å²) in [5, 5.41) is 10.8. The highest BCUT2D eigenvalue weighted by Gasteiger charge is 2.25. The Bertz CT molecular complexity index is 713. The van der Waals surface area contributed by atoms with Crippen LogP contribution in [0.25, 0.3) is 0 Å². The first-order valence-electron chi connectivity index (χ1n) is 7.15. The van der Waals surface area contributed by atoms with Crippen LogP contribution in [-0.2, 0) is 22.4 Å². The van der Waals surface area contributed by atoms with Gasteiger partial charge in [-0.1, -0.05) is 42.5 Å². The molecule has 4 N–H and O–H groups in total. The van der Waals surface area contributed by atoms with Gasteiger partial charge in [0.05, 0.1) is 0 Å². The fourth-order valence-corrected chi connectivity index (χ4v) is 2.70. The summed E-state index contributed by atoms with van der Waals surface area (Å²) >= 11 is 0. The fraction of sp³-hybridized carbons (Fsp3) is 0.188. The number of nitrogens with one attached hydrogen (secondary N) is 1. The van der Waals surface area contributed by atoms with Crippen molar-refractivity contribution in [1.82, 2.24) is 5.09 Å². The van der Waals surface area contributed by atoms with Gasteiger partial charge in [-0.2, -0.15) is 0 Å². The van der Waals surface area contributed by atoms with E-state index in [4.69, 9.17) is 19.6 Å². The lowest BCUT2D eigenvalue weighted by Crippen LogP contribution is -2.36. The molecular formula is C16H18NO6P. The molecule has 128 valence electrons.